The molecule has 0 aliphatic heterocycles. The molecule has 0 spiro atoms. The molecule has 0 saturated carbocycles. The molecule has 0 aromatic heterocycles. The number of rotatable bonds is 5. The van der Waals surface area contributed by atoms with E-state index in [0.29, 0.717) is 0 Å². The largest absolute Gasteiger partial charge is 0.0859 e. The summed E-state index contributed by atoms with van der Waals surface area (Å²) < 4.78 is 0. The molecule has 0 N–H and O–H groups in total. The highest BCUT2D eigenvalue weighted by molar-refractivity contribution is 4.92. The lowest BCUT2D eigenvalue weighted by atomic mass is 9.94. The fourth-order valence-corrected chi connectivity index (χ4v) is 1.58. The summed E-state index contributed by atoms with van der Waals surface area (Å²) in [5, 5.41) is 0. The standard InChI is InChI=1S/C12H24/c1-10(2)7-6-8-12(5)9-11(3)4/h7,11-12H,6,8-9H2,1-5H3/t12-/m0/s1. The lowest BCUT2D eigenvalue weighted by Gasteiger charge is -2.12. The molecule has 0 aliphatic carbocycles. The monoisotopic (exact) mass is 168 g/mol. The highest BCUT2D eigenvalue weighted by Crippen LogP contribution is 2.16. The molecule has 0 heterocycles. The molecule has 0 bridgehead atoms. The van der Waals surface area contributed by atoms with Crippen LogP contribution in [0.1, 0.15) is 53.9 Å². The first-order valence-corrected chi connectivity index (χ1v) is 5.15. The third-order valence-corrected chi connectivity index (χ3v) is 2.09. The Hall–Kier alpha value is -0.260. The molecule has 0 amide bonds. The molecule has 0 saturated heterocycles. The van der Waals surface area contributed by atoms with E-state index in [1.807, 2.05) is 0 Å². The first-order valence-electron chi connectivity index (χ1n) is 5.15. The van der Waals surface area contributed by atoms with E-state index < -0.39 is 0 Å². The zero-order valence-electron chi connectivity index (χ0n) is 9.35. The minimum Gasteiger partial charge on any atom is -0.0859 e. The van der Waals surface area contributed by atoms with Crippen molar-refractivity contribution in [3.05, 3.63) is 11.6 Å². The number of hydrogen-bond acceptors (Lipinski definition) is 0. The smallest absolute Gasteiger partial charge is 0.0346 e. The highest BCUT2D eigenvalue weighted by Gasteiger charge is 2.03. The maximum absolute atomic E-state index is 2.36. The van der Waals surface area contributed by atoms with E-state index >= 15 is 0 Å². The van der Waals surface area contributed by atoms with E-state index in [1.54, 1.807) is 0 Å². The molecule has 0 heteroatoms. The van der Waals surface area contributed by atoms with Crippen molar-refractivity contribution in [3.63, 3.8) is 0 Å². The van der Waals surface area contributed by atoms with Gasteiger partial charge in [0.25, 0.3) is 0 Å². The molecule has 0 radical (unpaired) electrons. The predicted octanol–water partition coefficient (Wildman–Crippen LogP) is 4.42. The first kappa shape index (κ1) is 11.7. The SMILES string of the molecule is CC(C)=CCC[C@H](C)CC(C)C. The lowest BCUT2D eigenvalue weighted by Crippen LogP contribution is -1.99. The minimum atomic E-state index is 0.853. The molecule has 0 rings (SSSR count). The zero-order valence-corrected chi connectivity index (χ0v) is 9.35. The van der Waals surface area contributed by atoms with Gasteiger partial charge in [-0.15, -0.1) is 0 Å². The summed E-state index contributed by atoms with van der Waals surface area (Å²) >= 11 is 0. The van der Waals surface area contributed by atoms with E-state index in [4.69, 9.17) is 0 Å². The molecule has 0 unspecified atom stereocenters. The average Bonchev–Trinajstić information content (AvgIpc) is 1.84. The van der Waals surface area contributed by atoms with Crippen molar-refractivity contribution in [3.8, 4) is 0 Å². The fraction of sp³-hybridized carbons (Fsp3) is 0.833. The molecule has 72 valence electrons. The van der Waals surface area contributed by atoms with Gasteiger partial charge in [0.05, 0.1) is 0 Å². The molecular weight excluding hydrogens is 144 g/mol. The Balaban J connectivity index is 3.44. The maximum atomic E-state index is 2.36. The second-order valence-electron chi connectivity index (χ2n) is 4.59. The van der Waals surface area contributed by atoms with Crippen molar-refractivity contribution in [2.75, 3.05) is 0 Å². The predicted molar refractivity (Wildman–Crippen MR) is 57.3 cm³/mol. The van der Waals surface area contributed by atoms with E-state index in [2.05, 4.69) is 40.7 Å². The lowest BCUT2D eigenvalue weighted by molar-refractivity contribution is 0.417. The van der Waals surface area contributed by atoms with Gasteiger partial charge in [0.15, 0.2) is 0 Å². The second kappa shape index (κ2) is 6.28. The summed E-state index contributed by atoms with van der Waals surface area (Å²) in [4.78, 5) is 0. The van der Waals surface area contributed by atoms with Gasteiger partial charge in [0, 0.05) is 0 Å². The quantitative estimate of drug-likeness (QED) is 0.533. The van der Waals surface area contributed by atoms with Gasteiger partial charge in [-0.1, -0.05) is 32.4 Å². The molecule has 0 fully saturated rings. The van der Waals surface area contributed by atoms with Crippen molar-refractivity contribution in [2.24, 2.45) is 11.8 Å². The van der Waals surface area contributed by atoms with Crippen LogP contribution < -0.4 is 0 Å². The van der Waals surface area contributed by atoms with E-state index in [0.717, 1.165) is 11.8 Å². The van der Waals surface area contributed by atoms with Crippen LogP contribution in [0, 0.1) is 11.8 Å². The minimum absolute atomic E-state index is 0.853. The van der Waals surface area contributed by atoms with Crippen molar-refractivity contribution >= 4 is 0 Å². The van der Waals surface area contributed by atoms with E-state index in [1.165, 1.54) is 24.8 Å². The molecule has 0 aromatic carbocycles. The third kappa shape index (κ3) is 7.84. The molecular formula is C12H24. The van der Waals surface area contributed by atoms with E-state index in [-0.39, 0.29) is 0 Å². The van der Waals surface area contributed by atoms with Gasteiger partial charge in [0.2, 0.25) is 0 Å². The Bertz CT molecular complexity index is 127. The summed E-state index contributed by atoms with van der Waals surface area (Å²) in [5.74, 6) is 1.74. The Morgan fingerprint density at radius 1 is 1.17 bits per heavy atom. The molecule has 1 atom stereocenters. The second-order valence-corrected chi connectivity index (χ2v) is 4.59. The van der Waals surface area contributed by atoms with Crippen molar-refractivity contribution < 1.29 is 0 Å². The van der Waals surface area contributed by atoms with Crippen molar-refractivity contribution in [1.82, 2.24) is 0 Å². The van der Waals surface area contributed by atoms with Gasteiger partial charge in [-0.05, 0) is 44.9 Å². The third-order valence-electron chi connectivity index (χ3n) is 2.09. The normalized spacial score (nSPS) is 13.2. The van der Waals surface area contributed by atoms with Gasteiger partial charge in [-0.2, -0.15) is 0 Å². The van der Waals surface area contributed by atoms with E-state index in [9.17, 15) is 0 Å². The summed E-state index contributed by atoms with van der Waals surface area (Å²) in [7, 11) is 0. The number of hydrogen-bond donors (Lipinski definition) is 0. The van der Waals surface area contributed by atoms with Crippen molar-refractivity contribution in [2.45, 2.75) is 53.9 Å². The first-order chi connectivity index (χ1) is 5.52. The van der Waals surface area contributed by atoms with Crippen LogP contribution in [-0.2, 0) is 0 Å². The maximum Gasteiger partial charge on any atom is -0.0346 e. The van der Waals surface area contributed by atoms with Crippen LogP contribution in [0.4, 0.5) is 0 Å². The van der Waals surface area contributed by atoms with Gasteiger partial charge >= 0.3 is 0 Å². The van der Waals surface area contributed by atoms with Crippen LogP contribution in [-0.4, -0.2) is 0 Å². The molecule has 0 aromatic rings. The zero-order chi connectivity index (χ0) is 9.56. The summed E-state index contributed by atoms with van der Waals surface area (Å²) in [6, 6.07) is 0. The van der Waals surface area contributed by atoms with Crippen molar-refractivity contribution in [1.29, 1.82) is 0 Å². The highest BCUT2D eigenvalue weighted by atomic mass is 14.1. The van der Waals surface area contributed by atoms with Crippen LogP contribution in [0.25, 0.3) is 0 Å². The molecule has 0 aliphatic rings. The molecule has 0 nitrogen and oxygen atoms in total. The van der Waals surface area contributed by atoms with Crippen LogP contribution in [0.3, 0.4) is 0 Å². The summed E-state index contributed by atoms with van der Waals surface area (Å²) in [6.07, 6.45) is 6.33. The van der Waals surface area contributed by atoms with Gasteiger partial charge in [-0.3, -0.25) is 0 Å². The summed E-state index contributed by atoms with van der Waals surface area (Å²) in [5.41, 5.74) is 1.45. The number of allylic oxidation sites excluding steroid dienone is 2. The summed E-state index contributed by atoms with van der Waals surface area (Å²) in [6.45, 7) is 11.3. The van der Waals surface area contributed by atoms with Gasteiger partial charge < -0.3 is 0 Å². The fourth-order valence-electron chi connectivity index (χ4n) is 1.58. The van der Waals surface area contributed by atoms with Gasteiger partial charge in [0.1, 0.15) is 0 Å². The topological polar surface area (TPSA) is 0 Å². The average molecular weight is 168 g/mol. The molecule has 12 heavy (non-hydrogen) atoms. The van der Waals surface area contributed by atoms with Crippen LogP contribution >= 0.6 is 0 Å². The Morgan fingerprint density at radius 3 is 2.17 bits per heavy atom. The Kier molecular flexibility index (Phi) is 6.14. The van der Waals surface area contributed by atoms with Gasteiger partial charge in [-0.25, -0.2) is 0 Å². The Morgan fingerprint density at radius 2 is 1.75 bits per heavy atom. The van der Waals surface area contributed by atoms with Crippen LogP contribution in [0.5, 0.6) is 0 Å². The van der Waals surface area contributed by atoms with Crippen LogP contribution in [0.15, 0.2) is 11.6 Å². The van der Waals surface area contributed by atoms with Crippen LogP contribution in [0.2, 0.25) is 0 Å². The Labute approximate surface area is 78.1 Å².